The van der Waals surface area contributed by atoms with Crippen LogP contribution in [0.3, 0.4) is 0 Å². The third-order valence-corrected chi connectivity index (χ3v) is 3.92. The van der Waals surface area contributed by atoms with Gasteiger partial charge in [0.2, 0.25) is 0 Å². The Balaban J connectivity index is 2.00. The van der Waals surface area contributed by atoms with Gasteiger partial charge in [-0.05, 0) is 58.7 Å². The molecule has 2 N–H and O–H groups in total. The summed E-state index contributed by atoms with van der Waals surface area (Å²) in [6.45, 7) is 1.62. The Kier molecular flexibility index (Phi) is 5.56. The van der Waals surface area contributed by atoms with E-state index in [1.165, 1.54) is 11.3 Å². The number of hydrogen-bond acceptors (Lipinski definition) is 3. The van der Waals surface area contributed by atoms with Gasteiger partial charge in [0, 0.05) is 36.4 Å². The molecule has 0 atom stereocenters. The van der Waals surface area contributed by atoms with Crippen LogP contribution in [0.25, 0.3) is 0 Å². The summed E-state index contributed by atoms with van der Waals surface area (Å²) in [5, 5.41) is 0. The fourth-order valence-corrected chi connectivity index (χ4v) is 2.86. The summed E-state index contributed by atoms with van der Waals surface area (Å²) in [4.78, 5) is 6.59. The zero-order chi connectivity index (χ0) is 14.4. The Morgan fingerprint density at radius 1 is 1.20 bits per heavy atom. The predicted molar refractivity (Wildman–Crippen MR) is 88.1 cm³/mol. The average Bonchev–Trinajstić information content (AvgIpc) is 2.46. The van der Waals surface area contributed by atoms with Crippen LogP contribution < -0.4 is 10.6 Å². The number of benzene rings is 1. The average molecular weight is 334 g/mol. The summed E-state index contributed by atoms with van der Waals surface area (Å²) >= 11 is 3.65. The topological polar surface area (TPSA) is 42.2 Å². The number of pyridine rings is 1. The van der Waals surface area contributed by atoms with E-state index < -0.39 is 0 Å². The highest BCUT2D eigenvalue weighted by atomic mass is 79.9. The molecule has 1 aromatic heterocycles. The minimum absolute atomic E-state index is 0.682. The Hall–Kier alpha value is -1.39. The molecule has 0 amide bonds. The van der Waals surface area contributed by atoms with Crippen LogP contribution in [0.1, 0.15) is 11.3 Å². The van der Waals surface area contributed by atoms with Crippen LogP contribution in [0.15, 0.2) is 47.1 Å². The van der Waals surface area contributed by atoms with Gasteiger partial charge >= 0.3 is 0 Å². The van der Waals surface area contributed by atoms with Gasteiger partial charge in [-0.2, -0.15) is 0 Å². The van der Waals surface area contributed by atoms with Crippen LogP contribution in [0.5, 0.6) is 0 Å². The number of rotatable bonds is 6. The highest BCUT2D eigenvalue weighted by Crippen LogP contribution is 2.26. The van der Waals surface area contributed by atoms with E-state index in [4.69, 9.17) is 5.73 Å². The molecule has 0 radical (unpaired) electrons. The predicted octanol–water partition coefficient (Wildman–Crippen LogP) is 3.02. The molecule has 3 nitrogen and oxygen atoms in total. The second-order valence-electron chi connectivity index (χ2n) is 4.82. The van der Waals surface area contributed by atoms with E-state index in [9.17, 15) is 0 Å². The molecule has 1 aromatic carbocycles. The number of aromatic nitrogens is 1. The fourth-order valence-electron chi connectivity index (χ4n) is 2.13. The maximum absolute atomic E-state index is 5.59. The highest BCUT2D eigenvalue weighted by molar-refractivity contribution is 9.10. The van der Waals surface area contributed by atoms with Crippen LogP contribution in [0.2, 0.25) is 0 Å². The lowest BCUT2D eigenvalue weighted by atomic mass is 10.1. The van der Waals surface area contributed by atoms with E-state index in [2.05, 4.69) is 57.1 Å². The quantitative estimate of drug-likeness (QED) is 0.883. The van der Waals surface area contributed by atoms with Crippen molar-refractivity contribution in [1.82, 2.24) is 4.98 Å². The summed E-state index contributed by atoms with van der Waals surface area (Å²) < 4.78 is 1.12. The van der Waals surface area contributed by atoms with Gasteiger partial charge in [-0.25, -0.2) is 0 Å². The van der Waals surface area contributed by atoms with E-state index in [1.54, 1.807) is 0 Å². The fraction of sp³-hybridized carbons (Fsp3) is 0.312. The van der Waals surface area contributed by atoms with Crippen molar-refractivity contribution in [3.05, 3.63) is 58.3 Å². The number of anilines is 1. The Morgan fingerprint density at radius 2 is 2.05 bits per heavy atom. The van der Waals surface area contributed by atoms with Crippen molar-refractivity contribution in [3.8, 4) is 0 Å². The first-order valence-corrected chi connectivity index (χ1v) is 7.59. The molecule has 0 aliphatic carbocycles. The molecule has 20 heavy (non-hydrogen) atoms. The summed E-state index contributed by atoms with van der Waals surface area (Å²) in [5.41, 5.74) is 9.17. The van der Waals surface area contributed by atoms with Crippen LogP contribution in [0.4, 0.5) is 5.69 Å². The number of hydrogen-bond donors (Lipinski definition) is 1. The maximum atomic E-state index is 5.59. The van der Waals surface area contributed by atoms with Crippen molar-refractivity contribution >= 4 is 21.6 Å². The molecule has 2 rings (SSSR count). The third-order valence-electron chi connectivity index (χ3n) is 3.29. The normalized spacial score (nSPS) is 10.6. The van der Waals surface area contributed by atoms with E-state index in [1.807, 2.05) is 18.3 Å². The van der Waals surface area contributed by atoms with Gasteiger partial charge < -0.3 is 10.6 Å². The van der Waals surface area contributed by atoms with Crippen molar-refractivity contribution in [2.75, 3.05) is 25.0 Å². The van der Waals surface area contributed by atoms with E-state index in [0.717, 1.165) is 29.6 Å². The lowest BCUT2D eigenvalue weighted by Crippen LogP contribution is -2.21. The molecule has 4 heteroatoms. The first-order valence-electron chi connectivity index (χ1n) is 6.80. The molecular weight excluding hydrogens is 314 g/mol. The smallest absolute Gasteiger partial charge is 0.0508 e. The maximum Gasteiger partial charge on any atom is 0.0508 e. The van der Waals surface area contributed by atoms with E-state index in [-0.39, 0.29) is 0 Å². The second kappa shape index (κ2) is 7.41. The SMILES string of the molecule is CN(CCc1ccccn1)c1ccc(CCN)cc1Br. The standard InChI is InChI=1S/C16H20BrN3/c1-20(11-8-14-4-2-3-10-19-14)16-6-5-13(7-9-18)12-15(16)17/h2-6,10,12H,7-9,11,18H2,1H3. The number of nitrogens with two attached hydrogens (primary N) is 1. The molecule has 0 saturated carbocycles. The van der Waals surface area contributed by atoms with Gasteiger partial charge in [0.25, 0.3) is 0 Å². The Bertz CT molecular complexity index is 543. The zero-order valence-corrected chi connectivity index (χ0v) is 13.3. The highest BCUT2D eigenvalue weighted by Gasteiger charge is 2.07. The molecule has 106 valence electrons. The van der Waals surface area contributed by atoms with E-state index in [0.29, 0.717) is 6.54 Å². The van der Waals surface area contributed by atoms with Gasteiger partial charge in [0.15, 0.2) is 0 Å². The lowest BCUT2D eigenvalue weighted by molar-refractivity contribution is 0.850. The molecule has 0 aliphatic rings. The number of likely N-dealkylation sites (N-methyl/N-ethyl adjacent to an activating group) is 1. The molecule has 0 aliphatic heterocycles. The first kappa shape index (κ1) is 15.0. The summed E-state index contributed by atoms with van der Waals surface area (Å²) in [7, 11) is 2.10. The Labute approximate surface area is 129 Å². The largest absolute Gasteiger partial charge is 0.373 e. The second-order valence-corrected chi connectivity index (χ2v) is 5.67. The summed E-state index contributed by atoms with van der Waals surface area (Å²) in [6, 6.07) is 12.5. The van der Waals surface area contributed by atoms with Gasteiger partial charge in [-0.3, -0.25) is 4.98 Å². The minimum Gasteiger partial charge on any atom is -0.373 e. The molecule has 0 fully saturated rings. The van der Waals surface area contributed by atoms with E-state index >= 15 is 0 Å². The van der Waals surface area contributed by atoms with Gasteiger partial charge in [0.1, 0.15) is 0 Å². The van der Waals surface area contributed by atoms with Crippen molar-refractivity contribution in [1.29, 1.82) is 0 Å². The van der Waals surface area contributed by atoms with Crippen molar-refractivity contribution in [2.45, 2.75) is 12.8 Å². The zero-order valence-electron chi connectivity index (χ0n) is 11.7. The first-order chi connectivity index (χ1) is 9.70. The van der Waals surface area contributed by atoms with Gasteiger partial charge in [-0.15, -0.1) is 0 Å². The van der Waals surface area contributed by atoms with Crippen LogP contribution in [-0.2, 0) is 12.8 Å². The monoisotopic (exact) mass is 333 g/mol. The molecular formula is C16H20BrN3. The van der Waals surface area contributed by atoms with Crippen molar-refractivity contribution in [2.24, 2.45) is 5.73 Å². The molecule has 1 heterocycles. The van der Waals surface area contributed by atoms with Crippen molar-refractivity contribution < 1.29 is 0 Å². The molecule has 0 saturated heterocycles. The molecule has 0 bridgehead atoms. The molecule has 0 spiro atoms. The van der Waals surface area contributed by atoms with Gasteiger partial charge in [-0.1, -0.05) is 12.1 Å². The lowest BCUT2D eigenvalue weighted by Gasteiger charge is -2.21. The van der Waals surface area contributed by atoms with Crippen LogP contribution in [-0.4, -0.2) is 25.1 Å². The Morgan fingerprint density at radius 3 is 2.70 bits per heavy atom. The minimum atomic E-state index is 0.682. The van der Waals surface area contributed by atoms with Crippen LogP contribution >= 0.6 is 15.9 Å². The molecule has 0 unspecified atom stereocenters. The number of halogens is 1. The third kappa shape index (κ3) is 4.05. The van der Waals surface area contributed by atoms with Crippen LogP contribution in [0, 0.1) is 0 Å². The van der Waals surface area contributed by atoms with Gasteiger partial charge in [0.05, 0.1) is 5.69 Å². The molecule has 2 aromatic rings. The summed E-state index contributed by atoms with van der Waals surface area (Å²) in [6.07, 6.45) is 3.69. The number of nitrogens with zero attached hydrogens (tertiary/aromatic N) is 2. The van der Waals surface area contributed by atoms with Crippen molar-refractivity contribution in [3.63, 3.8) is 0 Å². The summed E-state index contributed by atoms with van der Waals surface area (Å²) in [5.74, 6) is 0.